The Balaban J connectivity index is 3.87. The Kier molecular flexibility index (Phi) is 5.87. The van der Waals surface area contributed by atoms with Gasteiger partial charge in [-0.3, -0.25) is 9.59 Å². The van der Waals surface area contributed by atoms with Crippen LogP contribution in [0.25, 0.3) is 0 Å². The molecule has 0 spiro atoms. The molecule has 0 saturated carbocycles. The summed E-state index contributed by atoms with van der Waals surface area (Å²) in [5.74, 6) is -0.375. The van der Waals surface area contributed by atoms with Crippen LogP contribution in [0.3, 0.4) is 0 Å². The predicted octanol–water partition coefficient (Wildman–Crippen LogP) is -0.682. The normalized spacial score (nSPS) is 12.0. The fourth-order valence-corrected chi connectivity index (χ4v) is 0.961. The van der Waals surface area contributed by atoms with Gasteiger partial charge >= 0.3 is 0 Å². The van der Waals surface area contributed by atoms with Crippen molar-refractivity contribution in [1.82, 2.24) is 10.2 Å². The first-order valence-electron chi connectivity index (χ1n) is 4.76. The Hall–Kier alpha value is -1.10. The third kappa shape index (κ3) is 4.81. The van der Waals surface area contributed by atoms with E-state index in [1.165, 1.54) is 4.90 Å². The van der Waals surface area contributed by atoms with Crippen molar-refractivity contribution in [1.29, 1.82) is 0 Å². The molecule has 3 N–H and O–H groups in total. The number of nitrogens with zero attached hydrogens (tertiary/aromatic N) is 1. The second-order valence-corrected chi connectivity index (χ2v) is 3.33. The van der Waals surface area contributed by atoms with E-state index >= 15 is 0 Å². The van der Waals surface area contributed by atoms with E-state index in [0.717, 1.165) is 6.42 Å². The van der Waals surface area contributed by atoms with Crippen LogP contribution in [-0.2, 0) is 9.59 Å². The summed E-state index contributed by atoms with van der Waals surface area (Å²) in [4.78, 5) is 23.8. The highest BCUT2D eigenvalue weighted by atomic mass is 16.2. The van der Waals surface area contributed by atoms with E-state index in [2.05, 4.69) is 5.32 Å². The molecule has 0 aliphatic rings. The molecule has 14 heavy (non-hydrogen) atoms. The number of hydrogen-bond donors (Lipinski definition) is 2. The van der Waals surface area contributed by atoms with E-state index in [0.29, 0.717) is 6.54 Å². The van der Waals surface area contributed by atoms with Crippen molar-refractivity contribution < 1.29 is 9.59 Å². The molecule has 1 unspecified atom stereocenters. The lowest BCUT2D eigenvalue weighted by Gasteiger charge is -2.18. The van der Waals surface area contributed by atoms with Gasteiger partial charge in [0, 0.05) is 13.6 Å². The van der Waals surface area contributed by atoms with Crippen molar-refractivity contribution in [3.8, 4) is 0 Å². The summed E-state index contributed by atoms with van der Waals surface area (Å²) in [6.45, 7) is 4.28. The van der Waals surface area contributed by atoms with Crippen LogP contribution >= 0.6 is 0 Å². The van der Waals surface area contributed by atoms with Crippen LogP contribution in [0.15, 0.2) is 0 Å². The first-order chi connectivity index (χ1) is 6.49. The van der Waals surface area contributed by atoms with Crippen molar-refractivity contribution in [2.75, 3.05) is 20.1 Å². The molecule has 82 valence electrons. The summed E-state index contributed by atoms with van der Waals surface area (Å²) < 4.78 is 0. The van der Waals surface area contributed by atoms with Crippen LogP contribution < -0.4 is 11.1 Å². The molecular formula is C9H19N3O2. The maximum atomic E-state index is 11.3. The van der Waals surface area contributed by atoms with Crippen molar-refractivity contribution in [2.24, 2.45) is 5.73 Å². The predicted molar refractivity (Wildman–Crippen MR) is 54.6 cm³/mol. The van der Waals surface area contributed by atoms with Crippen LogP contribution in [0.2, 0.25) is 0 Å². The Morgan fingerprint density at radius 1 is 1.50 bits per heavy atom. The molecule has 2 amide bonds. The summed E-state index contributed by atoms with van der Waals surface area (Å²) in [7, 11) is 1.57. The maximum Gasteiger partial charge on any atom is 0.239 e. The molecule has 0 saturated heterocycles. The zero-order chi connectivity index (χ0) is 11.1. The minimum Gasteiger partial charge on any atom is -0.355 e. The number of nitrogens with one attached hydrogen (secondary N) is 1. The first kappa shape index (κ1) is 12.9. The smallest absolute Gasteiger partial charge is 0.239 e. The minimum absolute atomic E-state index is 0.0698. The van der Waals surface area contributed by atoms with Gasteiger partial charge in [-0.2, -0.15) is 0 Å². The average molecular weight is 201 g/mol. The van der Waals surface area contributed by atoms with E-state index in [4.69, 9.17) is 5.73 Å². The van der Waals surface area contributed by atoms with Crippen molar-refractivity contribution in [2.45, 2.75) is 26.3 Å². The first-order valence-corrected chi connectivity index (χ1v) is 4.76. The third-order valence-electron chi connectivity index (χ3n) is 1.72. The number of carbonyl (C=O) groups is 2. The zero-order valence-electron chi connectivity index (χ0n) is 9.04. The maximum absolute atomic E-state index is 11.3. The Morgan fingerprint density at radius 3 is 2.50 bits per heavy atom. The van der Waals surface area contributed by atoms with Gasteiger partial charge in [0.15, 0.2) is 0 Å². The van der Waals surface area contributed by atoms with Gasteiger partial charge in [0.1, 0.15) is 0 Å². The Labute approximate surface area is 84.6 Å². The van der Waals surface area contributed by atoms with E-state index in [9.17, 15) is 9.59 Å². The lowest BCUT2D eigenvalue weighted by molar-refractivity contribution is -0.135. The van der Waals surface area contributed by atoms with Crippen LogP contribution in [0.4, 0.5) is 0 Å². The van der Waals surface area contributed by atoms with E-state index in [-0.39, 0.29) is 18.4 Å². The topological polar surface area (TPSA) is 75.4 Å². The molecule has 0 aromatic rings. The number of rotatable bonds is 5. The van der Waals surface area contributed by atoms with Gasteiger partial charge in [-0.25, -0.2) is 0 Å². The highest BCUT2D eigenvalue weighted by molar-refractivity contribution is 5.86. The fraction of sp³-hybridized carbons (Fsp3) is 0.778. The largest absolute Gasteiger partial charge is 0.355 e. The molecule has 0 aliphatic heterocycles. The molecule has 5 heteroatoms. The lowest BCUT2D eigenvalue weighted by Crippen LogP contribution is -2.44. The molecule has 0 aromatic carbocycles. The summed E-state index contributed by atoms with van der Waals surface area (Å²) in [6.07, 6.45) is 0.886. The quantitative estimate of drug-likeness (QED) is 0.618. The number of amides is 2. The average Bonchev–Trinajstić information content (AvgIpc) is 2.13. The minimum atomic E-state index is -0.557. The van der Waals surface area contributed by atoms with Gasteiger partial charge in [0.25, 0.3) is 0 Å². The Bertz CT molecular complexity index is 204. The van der Waals surface area contributed by atoms with Gasteiger partial charge in [-0.1, -0.05) is 6.92 Å². The number of nitrogens with two attached hydrogens (primary N) is 1. The van der Waals surface area contributed by atoms with Crippen molar-refractivity contribution >= 4 is 11.8 Å². The molecule has 0 radical (unpaired) electrons. The molecule has 5 nitrogen and oxygen atoms in total. The second-order valence-electron chi connectivity index (χ2n) is 3.33. The van der Waals surface area contributed by atoms with Gasteiger partial charge in [-0.05, 0) is 13.3 Å². The summed E-state index contributed by atoms with van der Waals surface area (Å²) in [5.41, 5.74) is 5.39. The van der Waals surface area contributed by atoms with Crippen LogP contribution in [-0.4, -0.2) is 42.9 Å². The summed E-state index contributed by atoms with van der Waals surface area (Å²) in [6, 6.07) is -0.557. The third-order valence-corrected chi connectivity index (χ3v) is 1.72. The molecule has 0 bridgehead atoms. The molecule has 0 fully saturated rings. The van der Waals surface area contributed by atoms with Crippen molar-refractivity contribution in [3.05, 3.63) is 0 Å². The zero-order valence-corrected chi connectivity index (χ0v) is 9.04. The monoisotopic (exact) mass is 201 g/mol. The molecule has 0 heterocycles. The summed E-state index contributed by atoms with van der Waals surface area (Å²) >= 11 is 0. The number of likely N-dealkylation sites (N-methyl/N-ethyl adjacent to an activating group) is 1. The van der Waals surface area contributed by atoms with Gasteiger partial charge in [0.2, 0.25) is 11.8 Å². The van der Waals surface area contributed by atoms with Crippen LogP contribution in [0, 0.1) is 0 Å². The van der Waals surface area contributed by atoms with Crippen LogP contribution in [0.1, 0.15) is 20.3 Å². The van der Waals surface area contributed by atoms with Gasteiger partial charge in [-0.15, -0.1) is 0 Å². The van der Waals surface area contributed by atoms with Crippen LogP contribution in [0.5, 0.6) is 0 Å². The molecule has 0 aliphatic carbocycles. The Morgan fingerprint density at radius 2 is 2.07 bits per heavy atom. The standard InChI is InChI=1S/C9H19N3O2/c1-4-5-11-8(13)6-12(3)9(14)7(2)10/h7H,4-6,10H2,1-3H3,(H,11,13). The second kappa shape index (κ2) is 6.37. The number of carbonyl (C=O) groups excluding carboxylic acids is 2. The number of hydrogen-bond acceptors (Lipinski definition) is 3. The highest BCUT2D eigenvalue weighted by Gasteiger charge is 2.15. The molecule has 1 atom stereocenters. The van der Waals surface area contributed by atoms with E-state index in [1.807, 2.05) is 6.92 Å². The van der Waals surface area contributed by atoms with Crippen molar-refractivity contribution in [3.63, 3.8) is 0 Å². The molecule has 0 aromatic heterocycles. The highest BCUT2D eigenvalue weighted by Crippen LogP contribution is 1.88. The SMILES string of the molecule is CCCNC(=O)CN(C)C(=O)C(C)N. The van der Waals surface area contributed by atoms with E-state index in [1.54, 1.807) is 14.0 Å². The summed E-state index contributed by atoms with van der Waals surface area (Å²) in [5, 5.41) is 2.68. The molecular weight excluding hydrogens is 182 g/mol. The van der Waals surface area contributed by atoms with Gasteiger partial charge < -0.3 is 16.0 Å². The molecule has 0 rings (SSSR count). The lowest BCUT2D eigenvalue weighted by atomic mass is 10.3. The van der Waals surface area contributed by atoms with E-state index < -0.39 is 6.04 Å². The fourth-order valence-electron chi connectivity index (χ4n) is 0.961. The van der Waals surface area contributed by atoms with Gasteiger partial charge in [0.05, 0.1) is 12.6 Å².